The third-order valence-corrected chi connectivity index (χ3v) is 6.12. The summed E-state index contributed by atoms with van der Waals surface area (Å²) in [6.07, 6.45) is 3.42. The molecular weight excluding hydrogens is 411 g/mol. The zero-order valence-corrected chi connectivity index (χ0v) is 18.5. The van der Waals surface area contributed by atoms with E-state index in [4.69, 9.17) is 9.47 Å². The molecule has 1 saturated carbocycles. The minimum Gasteiger partial charge on any atom is -0.497 e. The van der Waals surface area contributed by atoms with Crippen molar-refractivity contribution >= 4 is 11.8 Å². The third kappa shape index (κ3) is 5.21. The van der Waals surface area contributed by atoms with Gasteiger partial charge in [-0.15, -0.1) is 0 Å². The Morgan fingerprint density at radius 3 is 2.38 bits per heavy atom. The van der Waals surface area contributed by atoms with Crippen LogP contribution in [0.4, 0.5) is 4.39 Å². The molecule has 7 heteroatoms. The molecule has 1 aliphatic carbocycles. The first-order valence-corrected chi connectivity index (χ1v) is 11.1. The van der Waals surface area contributed by atoms with Crippen LogP contribution in [0.5, 0.6) is 11.5 Å². The van der Waals surface area contributed by atoms with Crippen LogP contribution in [-0.2, 0) is 4.79 Å². The van der Waals surface area contributed by atoms with Crippen molar-refractivity contribution in [1.82, 2.24) is 10.2 Å². The summed E-state index contributed by atoms with van der Waals surface area (Å²) in [5.41, 5.74) is 1.19. The second-order valence-corrected chi connectivity index (χ2v) is 8.53. The Bertz CT molecular complexity index is 966. The molecule has 2 amide bonds. The second kappa shape index (κ2) is 9.59. The molecule has 6 nitrogen and oxygen atoms in total. The van der Waals surface area contributed by atoms with Crippen LogP contribution in [-0.4, -0.2) is 43.0 Å². The van der Waals surface area contributed by atoms with Crippen molar-refractivity contribution in [2.75, 3.05) is 20.2 Å². The SMILES string of the molecule is COc1ccc(OC2CCN(C(=O)C3CC3)CC2)c(C(=O)NC(C)c2ccc(F)cc2)c1. The highest BCUT2D eigenvalue weighted by atomic mass is 19.1. The number of nitrogens with one attached hydrogen (secondary N) is 1. The van der Waals surface area contributed by atoms with Gasteiger partial charge in [0.05, 0.1) is 18.7 Å². The number of halogens is 1. The average Bonchev–Trinajstić information content (AvgIpc) is 3.65. The number of rotatable bonds is 7. The molecule has 170 valence electrons. The fourth-order valence-electron chi connectivity index (χ4n) is 3.99. The molecule has 0 bridgehead atoms. The largest absolute Gasteiger partial charge is 0.497 e. The van der Waals surface area contributed by atoms with E-state index in [1.54, 1.807) is 37.4 Å². The van der Waals surface area contributed by atoms with Crippen LogP contribution >= 0.6 is 0 Å². The summed E-state index contributed by atoms with van der Waals surface area (Å²) in [7, 11) is 1.55. The van der Waals surface area contributed by atoms with Crippen LogP contribution in [0.1, 0.15) is 54.6 Å². The van der Waals surface area contributed by atoms with Crippen LogP contribution in [0.15, 0.2) is 42.5 Å². The molecule has 1 saturated heterocycles. The van der Waals surface area contributed by atoms with Crippen molar-refractivity contribution in [1.29, 1.82) is 0 Å². The van der Waals surface area contributed by atoms with E-state index >= 15 is 0 Å². The molecule has 1 unspecified atom stereocenters. The van der Waals surface area contributed by atoms with Gasteiger partial charge in [-0.25, -0.2) is 4.39 Å². The number of hydrogen-bond donors (Lipinski definition) is 1. The maximum Gasteiger partial charge on any atom is 0.255 e. The summed E-state index contributed by atoms with van der Waals surface area (Å²) < 4.78 is 24.7. The van der Waals surface area contributed by atoms with Gasteiger partial charge in [-0.1, -0.05) is 12.1 Å². The Labute approximate surface area is 187 Å². The van der Waals surface area contributed by atoms with E-state index < -0.39 is 0 Å². The highest BCUT2D eigenvalue weighted by molar-refractivity contribution is 5.97. The van der Waals surface area contributed by atoms with Gasteiger partial charge in [-0.2, -0.15) is 0 Å². The number of ether oxygens (including phenoxy) is 2. The lowest BCUT2D eigenvalue weighted by Crippen LogP contribution is -2.42. The second-order valence-electron chi connectivity index (χ2n) is 8.53. The summed E-state index contributed by atoms with van der Waals surface area (Å²) in [6.45, 7) is 3.21. The number of benzene rings is 2. The molecule has 0 aromatic heterocycles. The summed E-state index contributed by atoms with van der Waals surface area (Å²) in [4.78, 5) is 27.3. The normalized spacial score (nSPS) is 17.5. The Morgan fingerprint density at radius 1 is 1.06 bits per heavy atom. The lowest BCUT2D eigenvalue weighted by Gasteiger charge is -2.32. The Hall–Kier alpha value is -3.09. The summed E-state index contributed by atoms with van der Waals surface area (Å²) in [5, 5.41) is 2.95. The average molecular weight is 441 g/mol. The fraction of sp³-hybridized carbons (Fsp3) is 0.440. The molecule has 32 heavy (non-hydrogen) atoms. The van der Waals surface area contributed by atoms with E-state index in [1.165, 1.54) is 12.1 Å². The maximum atomic E-state index is 13.2. The van der Waals surface area contributed by atoms with Gasteiger partial charge in [-0.3, -0.25) is 9.59 Å². The lowest BCUT2D eigenvalue weighted by molar-refractivity contribution is -0.134. The minimum atomic E-state index is -0.319. The third-order valence-electron chi connectivity index (χ3n) is 6.12. The highest BCUT2D eigenvalue weighted by Gasteiger charge is 2.35. The zero-order chi connectivity index (χ0) is 22.7. The smallest absolute Gasteiger partial charge is 0.255 e. The van der Waals surface area contributed by atoms with Crippen molar-refractivity contribution < 1.29 is 23.5 Å². The van der Waals surface area contributed by atoms with Gasteiger partial charge in [0.1, 0.15) is 23.4 Å². The van der Waals surface area contributed by atoms with Gasteiger partial charge in [0, 0.05) is 31.8 Å². The first-order chi connectivity index (χ1) is 15.4. The van der Waals surface area contributed by atoms with Gasteiger partial charge in [-0.05, 0) is 55.7 Å². The van der Waals surface area contributed by atoms with Gasteiger partial charge >= 0.3 is 0 Å². The fourth-order valence-corrected chi connectivity index (χ4v) is 3.99. The highest BCUT2D eigenvalue weighted by Crippen LogP contribution is 2.33. The standard InChI is InChI=1S/C25H29FN2O4/c1-16(17-5-7-19(26)8-6-17)27-24(29)22-15-21(31-2)9-10-23(22)32-20-11-13-28(14-12-20)25(30)18-3-4-18/h5-10,15-16,18,20H,3-4,11-14H2,1-2H3,(H,27,29). The molecular formula is C25H29FN2O4. The monoisotopic (exact) mass is 440 g/mol. The summed E-state index contributed by atoms with van der Waals surface area (Å²) >= 11 is 0. The van der Waals surface area contributed by atoms with Gasteiger partial charge < -0.3 is 19.7 Å². The van der Waals surface area contributed by atoms with Crippen LogP contribution in [0.3, 0.4) is 0 Å². The van der Waals surface area contributed by atoms with Crippen molar-refractivity contribution in [3.05, 3.63) is 59.4 Å². The number of hydrogen-bond acceptors (Lipinski definition) is 4. The summed E-state index contributed by atoms with van der Waals surface area (Å²) in [5.74, 6) is 0.927. The molecule has 1 atom stereocenters. The number of nitrogens with zero attached hydrogens (tertiary/aromatic N) is 1. The predicted octanol–water partition coefficient (Wildman–Crippen LogP) is 4.11. The number of likely N-dealkylation sites (tertiary alicyclic amines) is 1. The molecule has 0 spiro atoms. The molecule has 2 fully saturated rings. The Kier molecular flexibility index (Phi) is 6.63. The van der Waals surface area contributed by atoms with Gasteiger partial charge in [0.2, 0.25) is 5.91 Å². The minimum absolute atomic E-state index is 0.0623. The number of carbonyl (C=O) groups is 2. The van der Waals surface area contributed by atoms with Gasteiger partial charge in [0.15, 0.2) is 0 Å². The van der Waals surface area contributed by atoms with Crippen LogP contribution in [0.25, 0.3) is 0 Å². The number of carbonyl (C=O) groups excluding carboxylic acids is 2. The quantitative estimate of drug-likeness (QED) is 0.704. The maximum absolute atomic E-state index is 13.2. The first-order valence-electron chi connectivity index (χ1n) is 11.1. The Morgan fingerprint density at radius 2 is 1.75 bits per heavy atom. The molecule has 0 radical (unpaired) electrons. The number of amides is 2. The van der Waals surface area contributed by atoms with Crippen molar-refractivity contribution in [2.45, 2.75) is 44.8 Å². The molecule has 4 rings (SSSR count). The van der Waals surface area contributed by atoms with Crippen molar-refractivity contribution in [3.63, 3.8) is 0 Å². The van der Waals surface area contributed by atoms with E-state index in [9.17, 15) is 14.0 Å². The molecule has 2 aliphatic rings. The molecule has 1 heterocycles. The molecule has 1 N–H and O–H groups in total. The zero-order valence-electron chi connectivity index (χ0n) is 18.5. The first kappa shape index (κ1) is 22.1. The van der Waals surface area contributed by atoms with Crippen molar-refractivity contribution in [3.8, 4) is 11.5 Å². The van der Waals surface area contributed by atoms with E-state index in [0.717, 1.165) is 31.2 Å². The topological polar surface area (TPSA) is 67.9 Å². The number of piperidine rings is 1. The van der Waals surface area contributed by atoms with Gasteiger partial charge in [0.25, 0.3) is 5.91 Å². The van der Waals surface area contributed by atoms with E-state index in [1.807, 2.05) is 11.8 Å². The Balaban J connectivity index is 1.43. The van der Waals surface area contributed by atoms with E-state index in [2.05, 4.69) is 5.32 Å². The van der Waals surface area contributed by atoms with Crippen LogP contribution < -0.4 is 14.8 Å². The van der Waals surface area contributed by atoms with E-state index in [0.29, 0.717) is 30.2 Å². The predicted molar refractivity (Wildman–Crippen MR) is 118 cm³/mol. The summed E-state index contributed by atoms with van der Waals surface area (Å²) in [6, 6.07) is 10.9. The lowest BCUT2D eigenvalue weighted by atomic mass is 10.1. The molecule has 1 aliphatic heterocycles. The van der Waals surface area contributed by atoms with Crippen molar-refractivity contribution in [2.24, 2.45) is 5.92 Å². The van der Waals surface area contributed by atoms with E-state index in [-0.39, 0.29) is 35.7 Å². The van der Waals surface area contributed by atoms with Crippen LogP contribution in [0, 0.1) is 11.7 Å². The molecule has 2 aromatic rings. The number of methoxy groups -OCH3 is 1. The van der Waals surface area contributed by atoms with Crippen LogP contribution in [0.2, 0.25) is 0 Å². The molecule has 2 aromatic carbocycles.